The van der Waals surface area contributed by atoms with E-state index < -0.39 is 0 Å². The standard InChI is InChI=1S/C18H25NOS/c1-5-11-19-18(17-10-8-14(6-2)21-17)15-12-13(3)7-9-16(15)20-4/h7-10,12,18-19H,5-6,11H2,1-4H3. The summed E-state index contributed by atoms with van der Waals surface area (Å²) >= 11 is 1.89. The molecule has 0 saturated carbocycles. The van der Waals surface area contributed by atoms with E-state index in [-0.39, 0.29) is 6.04 Å². The molecule has 1 N–H and O–H groups in total. The maximum Gasteiger partial charge on any atom is 0.124 e. The second-order valence-electron chi connectivity index (χ2n) is 5.29. The van der Waals surface area contributed by atoms with Gasteiger partial charge in [0, 0.05) is 15.3 Å². The van der Waals surface area contributed by atoms with Gasteiger partial charge in [-0.25, -0.2) is 0 Å². The lowest BCUT2D eigenvalue weighted by Crippen LogP contribution is -2.23. The summed E-state index contributed by atoms with van der Waals surface area (Å²) in [5, 5.41) is 3.67. The monoisotopic (exact) mass is 303 g/mol. The van der Waals surface area contributed by atoms with E-state index in [1.807, 2.05) is 11.3 Å². The zero-order chi connectivity index (χ0) is 15.2. The first-order chi connectivity index (χ1) is 10.2. The fraction of sp³-hybridized carbons (Fsp3) is 0.444. The smallest absolute Gasteiger partial charge is 0.124 e. The number of benzene rings is 1. The van der Waals surface area contributed by atoms with Crippen molar-refractivity contribution >= 4 is 11.3 Å². The van der Waals surface area contributed by atoms with Crippen molar-refractivity contribution < 1.29 is 4.74 Å². The van der Waals surface area contributed by atoms with E-state index >= 15 is 0 Å². The van der Waals surface area contributed by atoms with Gasteiger partial charge in [-0.05, 0) is 44.5 Å². The molecular weight excluding hydrogens is 278 g/mol. The molecule has 0 aliphatic carbocycles. The van der Waals surface area contributed by atoms with Crippen molar-refractivity contribution in [1.82, 2.24) is 5.32 Å². The van der Waals surface area contributed by atoms with Gasteiger partial charge in [-0.15, -0.1) is 11.3 Å². The van der Waals surface area contributed by atoms with Crippen LogP contribution in [0.3, 0.4) is 0 Å². The molecule has 0 fully saturated rings. The van der Waals surface area contributed by atoms with Crippen LogP contribution in [0.15, 0.2) is 30.3 Å². The third kappa shape index (κ3) is 3.86. The average Bonchev–Trinajstić information content (AvgIpc) is 2.97. The maximum absolute atomic E-state index is 5.58. The van der Waals surface area contributed by atoms with Crippen molar-refractivity contribution in [1.29, 1.82) is 0 Å². The van der Waals surface area contributed by atoms with Gasteiger partial charge in [-0.1, -0.05) is 31.5 Å². The first kappa shape index (κ1) is 16.1. The van der Waals surface area contributed by atoms with Gasteiger partial charge in [0.25, 0.3) is 0 Å². The highest BCUT2D eigenvalue weighted by atomic mass is 32.1. The SMILES string of the molecule is CCCNC(c1ccc(CC)s1)c1cc(C)ccc1OC. The van der Waals surface area contributed by atoms with Crippen molar-refractivity contribution in [2.75, 3.05) is 13.7 Å². The van der Waals surface area contributed by atoms with Crippen LogP contribution in [-0.2, 0) is 6.42 Å². The molecule has 1 aromatic carbocycles. The summed E-state index contributed by atoms with van der Waals surface area (Å²) in [5.41, 5.74) is 2.50. The number of hydrogen-bond acceptors (Lipinski definition) is 3. The molecule has 0 spiro atoms. The predicted molar refractivity (Wildman–Crippen MR) is 91.6 cm³/mol. The quantitative estimate of drug-likeness (QED) is 0.799. The molecule has 1 unspecified atom stereocenters. The van der Waals surface area contributed by atoms with Gasteiger partial charge in [0.1, 0.15) is 5.75 Å². The van der Waals surface area contributed by atoms with E-state index in [2.05, 4.69) is 56.4 Å². The number of ether oxygens (including phenoxy) is 1. The van der Waals surface area contributed by atoms with Crippen LogP contribution in [0.5, 0.6) is 5.75 Å². The van der Waals surface area contributed by atoms with E-state index in [0.29, 0.717) is 0 Å². The topological polar surface area (TPSA) is 21.3 Å². The highest BCUT2D eigenvalue weighted by Gasteiger charge is 2.19. The Balaban J connectivity index is 2.41. The Morgan fingerprint density at radius 3 is 2.62 bits per heavy atom. The molecule has 2 aromatic rings. The molecule has 0 aliphatic rings. The van der Waals surface area contributed by atoms with Crippen LogP contribution in [0.1, 0.15) is 47.2 Å². The summed E-state index contributed by atoms with van der Waals surface area (Å²) in [6, 6.07) is 11.1. The Morgan fingerprint density at radius 1 is 1.19 bits per heavy atom. The Morgan fingerprint density at radius 2 is 2.00 bits per heavy atom. The number of nitrogens with one attached hydrogen (secondary N) is 1. The molecule has 1 atom stereocenters. The van der Waals surface area contributed by atoms with E-state index in [1.54, 1.807) is 7.11 Å². The van der Waals surface area contributed by atoms with Gasteiger partial charge in [-0.3, -0.25) is 0 Å². The van der Waals surface area contributed by atoms with Crippen LogP contribution in [0.4, 0.5) is 0 Å². The summed E-state index contributed by atoms with van der Waals surface area (Å²) in [4.78, 5) is 2.80. The predicted octanol–water partition coefficient (Wildman–Crippen LogP) is 4.72. The highest BCUT2D eigenvalue weighted by molar-refractivity contribution is 7.12. The van der Waals surface area contributed by atoms with Crippen molar-refractivity contribution in [2.45, 2.75) is 39.7 Å². The fourth-order valence-electron chi connectivity index (χ4n) is 2.47. The lowest BCUT2D eigenvalue weighted by molar-refractivity contribution is 0.404. The van der Waals surface area contributed by atoms with Crippen LogP contribution in [-0.4, -0.2) is 13.7 Å². The molecule has 21 heavy (non-hydrogen) atoms. The number of rotatable bonds is 7. The summed E-state index contributed by atoms with van der Waals surface area (Å²) in [6.07, 6.45) is 2.22. The molecule has 2 rings (SSSR count). The number of methoxy groups -OCH3 is 1. The molecule has 114 valence electrons. The van der Waals surface area contributed by atoms with Crippen molar-refractivity contribution in [3.05, 3.63) is 51.2 Å². The van der Waals surface area contributed by atoms with Gasteiger partial charge in [0.2, 0.25) is 0 Å². The highest BCUT2D eigenvalue weighted by Crippen LogP contribution is 2.34. The molecule has 3 heteroatoms. The summed E-state index contributed by atoms with van der Waals surface area (Å²) < 4.78 is 5.58. The van der Waals surface area contributed by atoms with Crippen LogP contribution >= 0.6 is 11.3 Å². The fourth-order valence-corrected chi connectivity index (χ4v) is 3.52. The lowest BCUT2D eigenvalue weighted by Gasteiger charge is -2.21. The van der Waals surface area contributed by atoms with Gasteiger partial charge in [0.05, 0.1) is 13.2 Å². The average molecular weight is 303 g/mol. The molecule has 2 nitrogen and oxygen atoms in total. The molecule has 0 radical (unpaired) electrons. The van der Waals surface area contributed by atoms with Crippen LogP contribution in [0.25, 0.3) is 0 Å². The Hall–Kier alpha value is -1.32. The first-order valence-corrected chi connectivity index (χ1v) is 8.47. The second-order valence-corrected chi connectivity index (χ2v) is 6.49. The summed E-state index contributed by atoms with van der Waals surface area (Å²) in [7, 11) is 1.75. The van der Waals surface area contributed by atoms with Crippen LogP contribution < -0.4 is 10.1 Å². The molecule has 0 aliphatic heterocycles. The van der Waals surface area contributed by atoms with Gasteiger partial charge < -0.3 is 10.1 Å². The maximum atomic E-state index is 5.58. The Bertz CT molecular complexity index is 576. The molecule has 0 amide bonds. The van der Waals surface area contributed by atoms with Crippen molar-refractivity contribution in [2.24, 2.45) is 0 Å². The molecular formula is C18H25NOS. The largest absolute Gasteiger partial charge is 0.496 e. The molecule has 1 heterocycles. The summed E-state index contributed by atoms with van der Waals surface area (Å²) in [5.74, 6) is 0.959. The Kier molecular flexibility index (Phi) is 5.83. The van der Waals surface area contributed by atoms with Gasteiger partial charge in [0.15, 0.2) is 0 Å². The molecule has 1 aromatic heterocycles. The normalized spacial score (nSPS) is 12.4. The molecule has 0 saturated heterocycles. The van der Waals surface area contributed by atoms with E-state index in [1.165, 1.54) is 20.9 Å². The summed E-state index contributed by atoms with van der Waals surface area (Å²) in [6.45, 7) is 7.54. The first-order valence-electron chi connectivity index (χ1n) is 7.66. The second kappa shape index (κ2) is 7.62. The third-order valence-corrected chi connectivity index (χ3v) is 4.90. The van der Waals surface area contributed by atoms with E-state index in [4.69, 9.17) is 4.74 Å². The van der Waals surface area contributed by atoms with Gasteiger partial charge >= 0.3 is 0 Å². The van der Waals surface area contributed by atoms with E-state index in [0.717, 1.165) is 25.1 Å². The van der Waals surface area contributed by atoms with Gasteiger partial charge in [-0.2, -0.15) is 0 Å². The van der Waals surface area contributed by atoms with E-state index in [9.17, 15) is 0 Å². The zero-order valence-electron chi connectivity index (χ0n) is 13.4. The van der Waals surface area contributed by atoms with Crippen molar-refractivity contribution in [3.63, 3.8) is 0 Å². The molecule has 0 bridgehead atoms. The van der Waals surface area contributed by atoms with Crippen LogP contribution in [0, 0.1) is 6.92 Å². The number of thiophene rings is 1. The minimum atomic E-state index is 0.213. The number of aryl methyl sites for hydroxylation is 2. The Labute approximate surface area is 132 Å². The number of hydrogen-bond donors (Lipinski definition) is 1. The van der Waals surface area contributed by atoms with Crippen molar-refractivity contribution in [3.8, 4) is 5.75 Å². The zero-order valence-corrected chi connectivity index (χ0v) is 14.2. The van der Waals surface area contributed by atoms with Crippen LogP contribution in [0.2, 0.25) is 0 Å². The lowest BCUT2D eigenvalue weighted by atomic mass is 10.0. The minimum absolute atomic E-state index is 0.213. The third-order valence-electron chi connectivity index (χ3n) is 3.61. The minimum Gasteiger partial charge on any atom is -0.496 e.